The maximum atomic E-state index is 6.06. The van der Waals surface area contributed by atoms with E-state index in [0.717, 1.165) is 30.1 Å². The third-order valence-electron chi connectivity index (χ3n) is 10.0. The Bertz CT molecular complexity index is 1350. The molecule has 2 nitrogen and oxygen atoms in total. The SMILES string of the molecule is CCC(c1ccc(C2(c3ccc(C(CC)c4ccc(N)cc4C)cc3)CCC(C)CC2)cc1)c1ccc(N)cc1C. The van der Waals surface area contributed by atoms with Crippen LogP contribution in [0.15, 0.2) is 84.9 Å². The van der Waals surface area contributed by atoms with Crippen LogP contribution in [0.3, 0.4) is 0 Å². The normalized spacial score (nSPS) is 20.5. The van der Waals surface area contributed by atoms with E-state index in [1.54, 1.807) is 0 Å². The van der Waals surface area contributed by atoms with Gasteiger partial charge in [-0.05, 0) is 127 Å². The molecule has 0 saturated heterocycles. The lowest BCUT2D eigenvalue weighted by Gasteiger charge is -2.41. The molecule has 0 amide bonds. The minimum Gasteiger partial charge on any atom is -0.399 e. The number of nitrogens with two attached hydrogens (primary N) is 2. The second kappa shape index (κ2) is 12.1. The van der Waals surface area contributed by atoms with Crippen molar-refractivity contribution in [2.45, 2.75) is 90.4 Å². The molecule has 4 N–H and O–H groups in total. The first-order valence-corrected chi connectivity index (χ1v) is 15.7. The standard InChI is InChI=1S/C39H48N2/c1-6-35(37-18-16-33(40)24-27(37)4)29-8-12-31(13-9-29)39(22-20-26(3)21-23-39)32-14-10-30(11-15-32)36(7-2)38-19-17-34(41)25-28(38)5/h8-19,24-26,35-36H,6-7,20-23,40-41H2,1-5H3. The Balaban J connectivity index is 1.48. The van der Waals surface area contributed by atoms with Crippen LogP contribution in [0.25, 0.3) is 0 Å². The Morgan fingerprint density at radius 2 is 1.02 bits per heavy atom. The van der Waals surface area contributed by atoms with Crippen molar-refractivity contribution in [2.75, 3.05) is 11.5 Å². The molecule has 2 unspecified atom stereocenters. The van der Waals surface area contributed by atoms with Crippen molar-refractivity contribution in [3.05, 3.63) is 129 Å². The molecule has 2 atom stereocenters. The molecule has 41 heavy (non-hydrogen) atoms. The molecule has 0 heterocycles. The predicted octanol–water partition coefficient (Wildman–Crippen LogP) is 10.0. The van der Waals surface area contributed by atoms with Crippen LogP contribution in [-0.4, -0.2) is 0 Å². The third-order valence-corrected chi connectivity index (χ3v) is 10.0. The van der Waals surface area contributed by atoms with Crippen molar-refractivity contribution in [3.63, 3.8) is 0 Å². The van der Waals surface area contributed by atoms with Crippen molar-refractivity contribution in [3.8, 4) is 0 Å². The van der Waals surface area contributed by atoms with Crippen LogP contribution < -0.4 is 11.5 Å². The van der Waals surface area contributed by atoms with E-state index >= 15 is 0 Å². The highest BCUT2D eigenvalue weighted by Crippen LogP contribution is 2.47. The van der Waals surface area contributed by atoms with Gasteiger partial charge in [-0.2, -0.15) is 0 Å². The fourth-order valence-electron chi connectivity index (χ4n) is 7.52. The summed E-state index contributed by atoms with van der Waals surface area (Å²) in [5.74, 6) is 1.56. The Hall–Kier alpha value is -3.52. The third kappa shape index (κ3) is 5.80. The topological polar surface area (TPSA) is 52.0 Å². The molecule has 0 radical (unpaired) electrons. The zero-order valence-corrected chi connectivity index (χ0v) is 25.7. The number of aryl methyl sites for hydroxylation is 2. The van der Waals surface area contributed by atoms with Gasteiger partial charge in [0, 0.05) is 28.6 Å². The average Bonchev–Trinajstić information content (AvgIpc) is 2.97. The average molecular weight is 545 g/mol. The van der Waals surface area contributed by atoms with Crippen LogP contribution in [0.1, 0.15) is 116 Å². The molecule has 0 aromatic heterocycles. The molecule has 4 aromatic rings. The summed E-state index contributed by atoms with van der Waals surface area (Å²) in [7, 11) is 0. The first-order chi connectivity index (χ1) is 19.8. The second-order valence-electron chi connectivity index (χ2n) is 12.7. The van der Waals surface area contributed by atoms with Gasteiger partial charge in [0.15, 0.2) is 0 Å². The lowest BCUT2D eigenvalue weighted by molar-refractivity contribution is 0.280. The van der Waals surface area contributed by atoms with Crippen LogP contribution in [0.5, 0.6) is 0 Å². The summed E-state index contributed by atoms with van der Waals surface area (Å²) in [6.45, 7) is 11.4. The van der Waals surface area contributed by atoms with E-state index in [0.29, 0.717) is 11.8 Å². The van der Waals surface area contributed by atoms with Gasteiger partial charge in [-0.15, -0.1) is 0 Å². The van der Waals surface area contributed by atoms with Gasteiger partial charge in [0.2, 0.25) is 0 Å². The number of hydrogen-bond donors (Lipinski definition) is 2. The molecule has 4 aromatic carbocycles. The molecular formula is C39H48N2. The van der Waals surface area contributed by atoms with Gasteiger partial charge in [0.25, 0.3) is 0 Å². The minimum atomic E-state index is 0.0707. The summed E-state index contributed by atoms with van der Waals surface area (Å²) in [5.41, 5.74) is 24.9. The van der Waals surface area contributed by atoms with Gasteiger partial charge in [-0.3, -0.25) is 0 Å². The number of rotatable bonds is 8. The zero-order valence-electron chi connectivity index (χ0n) is 25.7. The first-order valence-electron chi connectivity index (χ1n) is 15.7. The van der Waals surface area contributed by atoms with E-state index < -0.39 is 0 Å². The molecule has 0 bridgehead atoms. The highest BCUT2D eigenvalue weighted by Gasteiger charge is 2.37. The van der Waals surface area contributed by atoms with Gasteiger partial charge in [0.1, 0.15) is 0 Å². The maximum absolute atomic E-state index is 6.06. The van der Waals surface area contributed by atoms with Crippen LogP contribution >= 0.6 is 0 Å². The minimum absolute atomic E-state index is 0.0707. The van der Waals surface area contributed by atoms with Crippen molar-refractivity contribution < 1.29 is 0 Å². The molecule has 2 heteroatoms. The van der Waals surface area contributed by atoms with Crippen molar-refractivity contribution in [1.82, 2.24) is 0 Å². The van der Waals surface area contributed by atoms with Gasteiger partial charge >= 0.3 is 0 Å². The first kappa shape index (κ1) is 29.0. The van der Waals surface area contributed by atoms with Gasteiger partial charge in [0.05, 0.1) is 0 Å². The number of anilines is 2. The summed E-state index contributed by atoms with van der Waals surface area (Å²) in [5, 5.41) is 0. The zero-order chi connectivity index (χ0) is 29.1. The maximum Gasteiger partial charge on any atom is 0.0316 e. The Kier molecular flexibility index (Phi) is 8.59. The number of nitrogen functional groups attached to an aromatic ring is 2. The fourth-order valence-corrected chi connectivity index (χ4v) is 7.52. The molecular weight excluding hydrogens is 496 g/mol. The van der Waals surface area contributed by atoms with Crippen molar-refractivity contribution in [1.29, 1.82) is 0 Å². The summed E-state index contributed by atoms with van der Waals surface area (Å²) in [6, 6.07) is 32.0. The Morgan fingerprint density at radius 1 is 0.634 bits per heavy atom. The predicted molar refractivity (Wildman–Crippen MR) is 177 cm³/mol. The molecule has 1 aliphatic carbocycles. The lowest BCUT2D eigenvalue weighted by Crippen LogP contribution is -2.32. The fraction of sp³-hybridized carbons (Fsp3) is 0.385. The molecule has 0 spiro atoms. The van der Waals surface area contributed by atoms with E-state index in [9.17, 15) is 0 Å². The monoisotopic (exact) mass is 544 g/mol. The van der Waals surface area contributed by atoms with Crippen LogP contribution in [0, 0.1) is 19.8 Å². The molecule has 1 fully saturated rings. The molecule has 1 saturated carbocycles. The Labute approximate surface area is 248 Å². The Morgan fingerprint density at radius 3 is 1.37 bits per heavy atom. The summed E-state index contributed by atoms with van der Waals surface area (Å²) >= 11 is 0. The number of benzene rings is 4. The van der Waals surface area contributed by atoms with Crippen molar-refractivity contribution >= 4 is 11.4 Å². The smallest absolute Gasteiger partial charge is 0.0316 e. The van der Waals surface area contributed by atoms with E-state index in [-0.39, 0.29) is 5.41 Å². The second-order valence-corrected chi connectivity index (χ2v) is 12.7. The van der Waals surface area contributed by atoms with Gasteiger partial charge < -0.3 is 11.5 Å². The molecule has 1 aliphatic rings. The highest BCUT2D eigenvalue weighted by molar-refractivity contribution is 5.50. The van der Waals surface area contributed by atoms with Gasteiger partial charge in [-0.1, -0.05) is 81.4 Å². The molecule has 214 valence electrons. The summed E-state index contributed by atoms with van der Waals surface area (Å²) < 4.78 is 0. The van der Waals surface area contributed by atoms with E-state index in [2.05, 4.69) is 107 Å². The lowest BCUT2D eigenvalue weighted by atomic mass is 9.63. The highest BCUT2D eigenvalue weighted by atomic mass is 14.5. The quantitative estimate of drug-likeness (QED) is 0.217. The van der Waals surface area contributed by atoms with Crippen LogP contribution in [0.2, 0.25) is 0 Å². The van der Waals surface area contributed by atoms with Crippen LogP contribution in [0.4, 0.5) is 11.4 Å². The molecule has 0 aliphatic heterocycles. The van der Waals surface area contributed by atoms with Crippen LogP contribution in [-0.2, 0) is 5.41 Å². The number of hydrogen-bond acceptors (Lipinski definition) is 2. The summed E-state index contributed by atoms with van der Waals surface area (Å²) in [4.78, 5) is 0. The summed E-state index contributed by atoms with van der Waals surface area (Å²) in [6.07, 6.45) is 7.09. The van der Waals surface area contributed by atoms with Gasteiger partial charge in [-0.25, -0.2) is 0 Å². The molecule has 5 rings (SSSR count). The van der Waals surface area contributed by atoms with E-state index in [1.165, 1.54) is 70.2 Å². The van der Waals surface area contributed by atoms with Crippen molar-refractivity contribution in [2.24, 2.45) is 5.92 Å². The van der Waals surface area contributed by atoms with E-state index in [1.807, 2.05) is 12.1 Å². The van der Waals surface area contributed by atoms with E-state index in [4.69, 9.17) is 11.5 Å². The largest absolute Gasteiger partial charge is 0.399 e.